The Morgan fingerprint density at radius 1 is 1.00 bits per heavy atom. The smallest absolute Gasteiger partial charge is 0.251 e. The fraction of sp³-hybridized carbons (Fsp3) is 0.207. The topological polar surface area (TPSA) is 96.7 Å². The monoisotopic (exact) mass is 479 g/mol. The zero-order chi connectivity index (χ0) is 24.6. The quantitative estimate of drug-likeness (QED) is 0.313. The van der Waals surface area contributed by atoms with Gasteiger partial charge < -0.3 is 16.0 Å². The number of aromatic amines is 1. The van der Waals surface area contributed by atoms with E-state index in [1.54, 1.807) is 48.9 Å². The molecule has 1 aliphatic carbocycles. The fourth-order valence-electron chi connectivity index (χ4n) is 5.20. The van der Waals surface area contributed by atoms with E-state index >= 15 is 4.39 Å². The van der Waals surface area contributed by atoms with Crippen LogP contribution in [0.25, 0.3) is 44.2 Å². The average molecular weight is 480 g/mol. The largest absolute Gasteiger partial charge is 0.353 e. The zero-order valence-corrected chi connectivity index (χ0v) is 19.7. The molecule has 36 heavy (non-hydrogen) atoms. The Hall–Kier alpha value is -4.10. The second-order valence-corrected chi connectivity index (χ2v) is 9.43. The van der Waals surface area contributed by atoms with Crippen LogP contribution in [0.15, 0.2) is 73.2 Å². The van der Waals surface area contributed by atoms with E-state index in [1.165, 1.54) is 6.07 Å². The Morgan fingerprint density at radius 2 is 1.83 bits per heavy atom. The number of rotatable bonds is 4. The molecule has 0 unspecified atom stereocenters. The molecule has 0 radical (unpaired) electrons. The molecule has 1 aliphatic rings. The Bertz CT molecular complexity index is 1560. The maximum Gasteiger partial charge on any atom is 0.251 e. The molecule has 6 rings (SSSR count). The molecule has 3 heterocycles. The molecular formula is C29H26FN5O. The highest BCUT2D eigenvalue weighted by Crippen LogP contribution is 2.37. The van der Waals surface area contributed by atoms with Gasteiger partial charge in [0.25, 0.3) is 5.91 Å². The number of benzene rings is 2. The van der Waals surface area contributed by atoms with Crippen molar-refractivity contribution in [1.82, 2.24) is 20.3 Å². The van der Waals surface area contributed by atoms with Gasteiger partial charge in [0.2, 0.25) is 0 Å². The minimum Gasteiger partial charge on any atom is -0.353 e. The van der Waals surface area contributed by atoms with Gasteiger partial charge in [0.1, 0.15) is 5.82 Å². The summed E-state index contributed by atoms with van der Waals surface area (Å²) in [4.78, 5) is 24.9. The van der Waals surface area contributed by atoms with Gasteiger partial charge in [-0.15, -0.1) is 0 Å². The Labute approximate surface area is 207 Å². The normalized spacial score (nSPS) is 17.9. The van der Waals surface area contributed by atoms with Crippen LogP contribution >= 0.6 is 0 Å². The molecule has 4 N–H and O–H groups in total. The van der Waals surface area contributed by atoms with Crippen LogP contribution in [-0.2, 0) is 0 Å². The minimum atomic E-state index is -0.325. The number of nitrogens with one attached hydrogen (secondary N) is 2. The van der Waals surface area contributed by atoms with E-state index in [1.807, 2.05) is 18.2 Å². The van der Waals surface area contributed by atoms with E-state index in [4.69, 9.17) is 5.73 Å². The summed E-state index contributed by atoms with van der Waals surface area (Å²) in [5.74, 6) is -0.476. The lowest BCUT2D eigenvalue weighted by Gasteiger charge is -2.29. The van der Waals surface area contributed by atoms with Crippen molar-refractivity contribution in [2.45, 2.75) is 37.8 Å². The number of fused-ring (bicyclic) bond motifs is 3. The maximum absolute atomic E-state index is 15.3. The van der Waals surface area contributed by atoms with Crippen molar-refractivity contribution in [3.8, 4) is 22.4 Å². The van der Waals surface area contributed by atoms with E-state index in [0.717, 1.165) is 58.7 Å². The van der Waals surface area contributed by atoms with E-state index in [2.05, 4.69) is 20.3 Å². The third-order valence-electron chi connectivity index (χ3n) is 7.13. The minimum absolute atomic E-state index is 0.00837. The van der Waals surface area contributed by atoms with Crippen LogP contribution in [0.2, 0.25) is 0 Å². The van der Waals surface area contributed by atoms with Gasteiger partial charge in [-0.25, -0.2) is 4.39 Å². The molecule has 0 saturated heterocycles. The van der Waals surface area contributed by atoms with Crippen molar-refractivity contribution >= 4 is 27.7 Å². The first-order valence-corrected chi connectivity index (χ1v) is 12.3. The summed E-state index contributed by atoms with van der Waals surface area (Å²) < 4.78 is 15.3. The van der Waals surface area contributed by atoms with E-state index in [0.29, 0.717) is 16.7 Å². The van der Waals surface area contributed by atoms with E-state index in [-0.39, 0.29) is 23.8 Å². The molecule has 1 fully saturated rings. The van der Waals surface area contributed by atoms with Crippen LogP contribution in [0.5, 0.6) is 0 Å². The van der Waals surface area contributed by atoms with Crippen molar-refractivity contribution in [3.05, 3.63) is 84.6 Å². The summed E-state index contributed by atoms with van der Waals surface area (Å²) in [6.07, 6.45) is 9.24. The standard InChI is InChI=1S/C29H26FN5O/c30-21-11-12-24-28(20-14-25(33-16-26(20)34-24)19-4-3-13-32-15-19)27(21)17-7-9-18(10-8-17)29(36)35-23-6-2-1-5-22(23)31/h3-4,7-16,22-23,34H,1-2,5-6,31H2,(H,35,36)/t22-,23-/m0/s1. The molecule has 0 bridgehead atoms. The zero-order valence-electron chi connectivity index (χ0n) is 19.7. The van der Waals surface area contributed by atoms with Crippen LogP contribution in [0, 0.1) is 5.82 Å². The van der Waals surface area contributed by atoms with Gasteiger partial charge >= 0.3 is 0 Å². The number of H-pyrrole nitrogens is 1. The first-order chi connectivity index (χ1) is 17.6. The third-order valence-corrected chi connectivity index (χ3v) is 7.13. The molecule has 3 aromatic heterocycles. The lowest BCUT2D eigenvalue weighted by atomic mass is 9.91. The SMILES string of the molecule is N[C@H]1CCCC[C@@H]1NC(=O)c1ccc(-c2c(F)ccc3[nH]c4cnc(-c5cccnc5)cc4c23)cc1. The number of nitrogens with zero attached hydrogens (tertiary/aromatic N) is 2. The summed E-state index contributed by atoms with van der Waals surface area (Å²) in [5.41, 5.74) is 11.2. The van der Waals surface area contributed by atoms with Crippen LogP contribution in [-0.4, -0.2) is 32.9 Å². The third kappa shape index (κ3) is 4.01. The molecule has 1 amide bonds. The van der Waals surface area contributed by atoms with Gasteiger partial charge in [-0.05, 0) is 60.9 Å². The predicted molar refractivity (Wildman–Crippen MR) is 140 cm³/mol. The number of carbonyl (C=O) groups excluding carboxylic acids is 1. The number of hydrogen-bond acceptors (Lipinski definition) is 4. The molecular weight excluding hydrogens is 453 g/mol. The highest BCUT2D eigenvalue weighted by atomic mass is 19.1. The van der Waals surface area contributed by atoms with E-state index in [9.17, 15) is 4.79 Å². The lowest BCUT2D eigenvalue weighted by molar-refractivity contribution is 0.0921. The predicted octanol–water partition coefficient (Wildman–Crippen LogP) is 5.58. The number of hydrogen-bond donors (Lipinski definition) is 3. The number of halogens is 1. The van der Waals surface area contributed by atoms with Crippen LogP contribution in [0.3, 0.4) is 0 Å². The highest BCUT2D eigenvalue weighted by Gasteiger charge is 2.24. The van der Waals surface area contributed by atoms with Gasteiger partial charge in [0, 0.05) is 57.5 Å². The summed E-state index contributed by atoms with van der Waals surface area (Å²) in [5, 5.41) is 4.73. The summed E-state index contributed by atoms with van der Waals surface area (Å²) in [6.45, 7) is 0. The fourth-order valence-corrected chi connectivity index (χ4v) is 5.20. The lowest BCUT2D eigenvalue weighted by Crippen LogP contribution is -2.49. The van der Waals surface area contributed by atoms with Crippen LogP contribution < -0.4 is 11.1 Å². The molecule has 2 atom stereocenters. The molecule has 180 valence electrons. The van der Waals surface area contributed by atoms with Crippen molar-refractivity contribution in [1.29, 1.82) is 0 Å². The molecule has 2 aromatic carbocycles. The van der Waals surface area contributed by atoms with Gasteiger partial charge in [-0.1, -0.05) is 25.0 Å². The molecule has 5 aromatic rings. The van der Waals surface area contributed by atoms with Crippen LogP contribution in [0.4, 0.5) is 4.39 Å². The molecule has 6 nitrogen and oxygen atoms in total. The van der Waals surface area contributed by atoms with Crippen molar-refractivity contribution < 1.29 is 9.18 Å². The highest BCUT2D eigenvalue weighted by molar-refractivity contribution is 6.14. The Morgan fingerprint density at radius 3 is 2.61 bits per heavy atom. The summed E-state index contributed by atoms with van der Waals surface area (Å²) in [7, 11) is 0. The number of carbonyl (C=O) groups is 1. The van der Waals surface area contributed by atoms with Gasteiger partial charge in [0.05, 0.1) is 17.4 Å². The van der Waals surface area contributed by atoms with Crippen molar-refractivity contribution in [2.75, 3.05) is 0 Å². The Balaban J connectivity index is 1.39. The number of pyridine rings is 2. The molecule has 1 saturated carbocycles. The second-order valence-electron chi connectivity index (χ2n) is 9.43. The number of nitrogens with two attached hydrogens (primary N) is 1. The number of amides is 1. The summed E-state index contributed by atoms with van der Waals surface area (Å²) >= 11 is 0. The Kier molecular flexibility index (Phi) is 5.70. The van der Waals surface area contributed by atoms with Gasteiger partial charge in [0.15, 0.2) is 0 Å². The van der Waals surface area contributed by atoms with E-state index < -0.39 is 0 Å². The molecule has 0 spiro atoms. The second kappa shape index (κ2) is 9.17. The molecule has 7 heteroatoms. The average Bonchev–Trinajstić information content (AvgIpc) is 3.28. The molecule has 0 aliphatic heterocycles. The van der Waals surface area contributed by atoms with Crippen molar-refractivity contribution in [3.63, 3.8) is 0 Å². The first kappa shape index (κ1) is 22.4. The summed E-state index contributed by atoms with van der Waals surface area (Å²) in [6, 6.07) is 16.1. The first-order valence-electron chi connectivity index (χ1n) is 12.3. The maximum atomic E-state index is 15.3. The van der Waals surface area contributed by atoms with Crippen LogP contribution in [0.1, 0.15) is 36.0 Å². The van der Waals surface area contributed by atoms with Gasteiger partial charge in [-0.3, -0.25) is 14.8 Å². The van der Waals surface area contributed by atoms with Gasteiger partial charge in [-0.2, -0.15) is 0 Å². The van der Waals surface area contributed by atoms with Crippen molar-refractivity contribution in [2.24, 2.45) is 5.73 Å². The number of aromatic nitrogens is 3.